The Bertz CT molecular complexity index is 120. The molecule has 0 amide bonds. The standard InChI is InChI=1S/C8H16O2/c1-6-7(9)10-5-4-8(6,2)3/h6-7,9H,4-5H2,1-3H3/t6?,7-/m1/s1. The summed E-state index contributed by atoms with van der Waals surface area (Å²) >= 11 is 0. The highest BCUT2D eigenvalue weighted by Crippen LogP contribution is 2.36. The van der Waals surface area contributed by atoms with Gasteiger partial charge in [-0.1, -0.05) is 20.8 Å². The van der Waals surface area contributed by atoms with Crippen LogP contribution in [0.1, 0.15) is 27.2 Å². The lowest BCUT2D eigenvalue weighted by molar-refractivity contribution is -0.191. The third kappa shape index (κ3) is 1.32. The van der Waals surface area contributed by atoms with Crippen molar-refractivity contribution in [3.05, 3.63) is 0 Å². The smallest absolute Gasteiger partial charge is 0.157 e. The lowest BCUT2D eigenvalue weighted by Gasteiger charge is -2.39. The molecule has 0 radical (unpaired) electrons. The quantitative estimate of drug-likeness (QED) is 0.556. The van der Waals surface area contributed by atoms with Crippen LogP contribution in [-0.4, -0.2) is 18.0 Å². The Morgan fingerprint density at radius 3 is 2.50 bits per heavy atom. The van der Waals surface area contributed by atoms with E-state index in [4.69, 9.17) is 4.74 Å². The highest BCUT2D eigenvalue weighted by atomic mass is 16.6. The van der Waals surface area contributed by atoms with Crippen molar-refractivity contribution in [2.45, 2.75) is 33.5 Å². The summed E-state index contributed by atoms with van der Waals surface area (Å²) in [6.45, 7) is 7.06. The molecule has 2 atom stereocenters. The highest BCUT2D eigenvalue weighted by Gasteiger charge is 2.35. The average molecular weight is 144 g/mol. The third-order valence-corrected chi connectivity index (χ3v) is 2.70. The van der Waals surface area contributed by atoms with E-state index in [1.165, 1.54) is 0 Å². The van der Waals surface area contributed by atoms with Gasteiger partial charge in [0.05, 0.1) is 6.61 Å². The fourth-order valence-electron chi connectivity index (χ4n) is 1.20. The van der Waals surface area contributed by atoms with Crippen molar-refractivity contribution in [2.75, 3.05) is 6.61 Å². The van der Waals surface area contributed by atoms with Gasteiger partial charge in [-0.05, 0) is 11.8 Å². The average Bonchev–Trinajstić information content (AvgIpc) is 1.83. The molecule has 1 aliphatic heterocycles. The van der Waals surface area contributed by atoms with Crippen LogP contribution in [0.25, 0.3) is 0 Å². The molecule has 1 fully saturated rings. The summed E-state index contributed by atoms with van der Waals surface area (Å²) in [6, 6.07) is 0. The van der Waals surface area contributed by atoms with Crippen LogP contribution in [0.5, 0.6) is 0 Å². The molecule has 0 spiro atoms. The Morgan fingerprint density at radius 2 is 2.10 bits per heavy atom. The minimum absolute atomic E-state index is 0.234. The zero-order valence-electron chi connectivity index (χ0n) is 6.92. The molecule has 1 aliphatic rings. The van der Waals surface area contributed by atoms with Crippen LogP contribution in [0, 0.1) is 11.3 Å². The first-order valence-corrected chi connectivity index (χ1v) is 3.84. The van der Waals surface area contributed by atoms with Gasteiger partial charge in [-0.2, -0.15) is 0 Å². The lowest BCUT2D eigenvalue weighted by atomic mass is 9.76. The van der Waals surface area contributed by atoms with E-state index in [-0.39, 0.29) is 11.3 Å². The molecule has 60 valence electrons. The van der Waals surface area contributed by atoms with Gasteiger partial charge in [-0.25, -0.2) is 0 Å². The molecular formula is C8H16O2. The zero-order valence-corrected chi connectivity index (χ0v) is 6.92. The summed E-state index contributed by atoms with van der Waals surface area (Å²) in [5.74, 6) is 0.251. The molecule has 2 nitrogen and oxygen atoms in total. The van der Waals surface area contributed by atoms with E-state index >= 15 is 0 Å². The Morgan fingerprint density at radius 1 is 1.50 bits per heavy atom. The van der Waals surface area contributed by atoms with Gasteiger partial charge >= 0.3 is 0 Å². The summed E-state index contributed by atoms with van der Waals surface area (Å²) in [6.07, 6.45) is 0.495. The Hall–Kier alpha value is -0.0800. The van der Waals surface area contributed by atoms with Crippen LogP contribution in [-0.2, 0) is 4.74 Å². The number of rotatable bonds is 0. The van der Waals surface area contributed by atoms with Crippen LogP contribution < -0.4 is 0 Å². The summed E-state index contributed by atoms with van der Waals surface area (Å²) in [4.78, 5) is 0. The highest BCUT2D eigenvalue weighted by molar-refractivity contribution is 4.80. The Labute approximate surface area is 62.2 Å². The van der Waals surface area contributed by atoms with Gasteiger partial charge < -0.3 is 9.84 Å². The van der Waals surface area contributed by atoms with E-state index in [2.05, 4.69) is 13.8 Å². The molecule has 0 aromatic heterocycles. The first kappa shape index (κ1) is 8.02. The molecule has 1 N–H and O–H groups in total. The first-order valence-electron chi connectivity index (χ1n) is 3.84. The van der Waals surface area contributed by atoms with Crippen LogP contribution in [0.15, 0.2) is 0 Å². The molecular weight excluding hydrogens is 128 g/mol. The molecule has 10 heavy (non-hydrogen) atoms. The summed E-state index contributed by atoms with van der Waals surface area (Å²) in [5.41, 5.74) is 0.234. The van der Waals surface area contributed by atoms with Crippen molar-refractivity contribution in [2.24, 2.45) is 11.3 Å². The van der Waals surface area contributed by atoms with Crippen molar-refractivity contribution in [3.8, 4) is 0 Å². The predicted molar refractivity (Wildman–Crippen MR) is 39.5 cm³/mol. The van der Waals surface area contributed by atoms with Gasteiger partial charge in [0, 0.05) is 5.92 Å². The first-order chi connectivity index (χ1) is 4.54. The van der Waals surface area contributed by atoms with Gasteiger partial charge in [-0.15, -0.1) is 0 Å². The molecule has 2 heteroatoms. The second-order valence-electron chi connectivity index (χ2n) is 3.79. The number of aliphatic hydroxyl groups is 1. The van der Waals surface area contributed by atoms with Crippen molar-refractivity contribution in [3.63, 3.8) is 0 Å². The van der Waals surface area contributed by atoms with Crippen LogP contribution in [0.2, 0.25) is 0 Å². The summed E-state index contributed by atoms with van der Waals surface area (Å²) < 4.78 is 5.08. The Balaban J connectivity index is 2.60. The monoisotopic (exact) mass is 144 g/mol. The fraction of sp³-hybridized carbons (Fsp3) is 1.00. The predicted octanol–water partition coefficient (Wildman–Crippen LogP) is 1.39. The number of hydrogen-bond donors (Lipinski definition) is 1. The number of hydrogen-bond acceptors (Lipinski definition) is 2. The lowest BCUT2D eigenvalue weighted by Crippen LogP contribution is -2.39. The second kappa shape index (κ2) is 2.51. The third-order valence-electron chi connectivity index (χ3n) is 2.70. The fourth-order valence-corrected chi connectivity index (χ4v) is 1.20. The summed E-state index contributed by atoms with van der Waals surface area (Å²) in [7, 11) is 0. The van der Waals surface area contributed by atoms with Crippen LogP contribution in [0.4, 0.5) is 0 Å². The molecule has 0 aromatic carbocycles. The maximum Gasteiger partial charge on any atom is 0.157 e. The minimum atomic E-state index is -0.552. The number of aliphatic hydroxyl groups excluding tert-OH is 1. The normalized spacial score (nSPS) is 39.6. The maximum atomic E-state index is 9.29. The minimum Gasteiger partial charge on any atom is -0.368 e. The molecule has 1 saturated heterocycles. The van der Waals surface area contributed by atoms with Crippen molar-refractivity contribution in [1.82, 2.24) is 0 Å². The number of ether oxygens (including phenoxy) is 1. The largest absolute Gasteiger partial charge is 0.368 e. The van der Waals surface area contributed by atoms with E-state index in [0.717, 1.165) is 6.42 Å². The van der Waals surface area contributed by atoms with E-state index in [1.54, 1.807) is 0 Å². The SMILES string of the molecule is CC1[C@H](O)OCCC1(C)C. The van der Waals surface area contributed by atoms with Gasteiger partial charge in [0.25, 0.3) is 0 Å². The summed E-state index contributed by atoms with van der Waals surface area (Å²) in [5, 5.41) is 9.29. The zero-order chi connectivity index (χ0) is 7.78. The van der Waals surface area contributed by atoms with E-state index in [9.17, 15) is 5.11 Å². The van der Waals surface area contributed by atoms with Crippen LogP contribution in [0.3, 0.4) is 0 Å². The van der Waals surface area contributed by atoms with Crippen LogP contribution >= 0.6 is 0 Å². The van der Waals surface area contributed by atoms with Gasteiger partial charge in [0.2, 0.25) is 0 Å². The molecule has 0 aliphatic carbocycles. The van der Waals surface area contributed by atoms with Gasteiger partial charge in [-0.3, -0.25) is 0 Å². The van der Waals surface area contributed by atoms with E-state index < -0.39 is 6.29 Å². The maximum absolute atomic E-state index is 9.29. The second-order valence-corrected chi connectivity index (χ2v) is 3.79. The molecule has 0 bridgehead atoms. The molecule has 1 heterocycles. The van der Waals surface area contributed by atoms with E-state index in [1.807, 2.05) is 6.92 Å². The Kier molecular flexibility index (Phi) is 2.02. The van der Waals surface area contributed by atoms with Crippen molar-refractivity contribution in [1.29, 1.82) is 0 Å². The van der Waals surface area contributed by atoms with Crippen molar-refractivity contribution >= 4 is 0 Å². The molecule has 1 unspecified atom stereocenters. The molecule has 1 rings (SSSR count). The van der Waals surface area contributed by atoms with Crippen molar-refractivity contribution < 1.29 is 9.84 Å². The van der Waals surface area contributed by atoms with Gasteiger partial charge in [0.15, 0.2) is 6.29 Å². The van der Waals surface area contributed by atoms with E-state index in [0.29, 0.717) is 6.61 Å². The topological polar surface area (TPSA) is 29.5 Å². The molecule has 0 aromatic rings. The molecule has 0 saturated carbocycles. The van der Waals surface area contributed by atoms with Gasteiger partial charge in [0.1, 0.15) is 0 Å².